The number of rotatable bonds is 5. The maximum absolute atomic E-state index is 11.4. The quantitative estimate of drug-likeness (QED) is 0.682. The summed E-state index contributed by atoms with van der Waals surface area (Å²) >= 11 is 0. The van der Waals surface area contributed by atoms with Gasteiger partial charge in [-0.3, -0.25) is 9.69 Å². The fraction of sp³-hybridized carbons (Fsp3) is 0.500. The summed E-state index contributed by atoms with van der Waals surface area (Å²) in [5.74, 6) is -0.487. The van der Waals surface area contributed by atoms with Crippen LogP contribution >= 0.6 is 0 Å². The number of carbonyl (C=O) groups excluding carboxylic acids is 1. The number of hydrogen-bond donors (Lipinski definition) is 3. The first-order chi connectivity index (χ1) is 9.60. The number of primary amides is 1. The maximum Gasteiger partial charge on any atom is 0.250 e. The average molecular weight is 278 g/mol. The summed E-state index contributed by atoms with van der Waals surface area (Å²) < 4.78 is 5.71. The van der Waals surface area contributed by atoms with Crippen LogP contribution in [0.1, 0.15) is 17.3 Å². The highest BCUT2D eigenvalue weighted by Crippen LogP contribution is 2.19. The summed E-state index contributed by atoms with van der Waals surface area (Å²) in [4.78, 5) is 13.8. The van der Waals surface area contributed by atoms with Gasteiger partial charge in [0.1, 0.15) is 0 Å². The first-order valence-electron chi connectivity index (χ1n) is 6.87. The number of nitrogens with two attached hydrogens (primary N) is 2. The van der Waals surface area contributed by atoms with Crippen molar-refractivity contribution in [3.05, 3.63) is 23.8 Å². The molecule has 0 aliphatic carbocycles. The molecule has 5 N–H and O–H groups in total. The molecule has 1 aromatic carbocycles. The summed E-state index contributed by atoms with van der Waals surface area (Å²) in [5.41, 5.74) is 12.7. The third-order valence-corrected chi connectivity index (χ3v) is 3.50. The molecule has 0 spiro atoms. The number of anilines is 2. The zero-order valence-corrected chi connectivity index (χ0v) is 11.8. The van der Waals surface area contributed by atoms with Crippen LogP contribution in [0.25, 0.3) is 0 Å². The number of ether oxygens (including phenoxy) is 1. The molecule has 1 aliphatic heterocycles. The molecular formula is C14H22N4O2. The second-order valence-corrected chi connectivity index (χ2v) is 4.94. The van der Waals surface area contributed by atoms with E-state index in [9.17, 15) is 4.79 Å². The molecule has 6 heteroatoms. The van der Waals surface area contributed by atoms with E-state index in [0.717, 1.165) is 26.2 Å². The van der Waals surface area contributed by atoms with Gasteiger partial charge in [-0.2, -0.15) is 0 Å². The minimum atomic E-state index is -0.487. The lowest BCUT2D eigenvalue weighted by atomic mass is 10.1. The second-order valence-electron chi connectivity index (χ2n) is 4.94. The van der Waals surface area contributed by atoms with Crippen molar-refractivity contribution < 1.29 is 9.53 Å². The van der Waals surface area contributed by atoms with Crippen LogP contribution < -0.4 is 16.8 Å². The number of benzene rings is 1. The van der Waals surface area contributed by atoms with E-state index in [1.54, 1.807) is 18.2 Å². The molecule has 1 amide bonds. The Balaban J connectivity index is 1.98. The van der Waals surface area contributed by atoms with Gasteiger partial charge in [-0.1, -0.05) is 6.92 Å². The molecule has 1 heterocycles. The number of nitrogen functional groups attached to an aromatic ring is 1. The van der Waals surface area contributed by atoms with Gasteiger partial charge in [0, 0.05) is 31.0 Å². The molecule has 6 nitrogen and oxygen atoms in total. The van der Waals surface area contributed by atoms with Crippen molar-refractivity contribution in [3.8, 4) is 0 Å². The first-order valence-corrected chi connectivity index (χ1v) is 6.87. The summed E-state index contributed by atoms with van der Waals surface area (Å²) in [5, 5.41) is 3.23. The van der Waals surface area contributed by atoms with E-state index >= 15 is 0 Å². The van der Waals surface area contributed by atoms with E-state index in [1.807, 2.05) is 0 Å². The Labute approximate surface area is 119 Å². The van der Waals surface area contributed by atoms with Crippen LogP contribution in [0.15, 0.2) is 18.2 Å². The SMILES string of the molecule is CCN1CCOC(CNc2ccc(N)cc2C(N)=O)C1. The Hall–Kier alpha value is -1.79. The fourth-order valence-electron chi connectivity index (χ4n) is 2.33. The molecule has 2 rings (SSSR count). The van der Waals surface area contributed by atoms with Crippen LogP contribution in [0.2, 0.25) is 0 Å². The number of carbonyl (C=O) groups is 1. The Morgan fingerprint density at radius 3 is 3.05 bits per heavy atom. The molecule has 1 fully saturated rings. The highest BCUT2D eigenvalue weighted by atomic mass is 16.5. The van der Waals surface area contributed by atoms with E-state index < -0.39 is 5.91 Å². The van der Waals surface area contributed by atoms with Gasteiger partial charge in [-0.05, 0) is 24.7 Å². The van der Waals surface area contributed by atoms with Crippen molar-refractivity contribution in [1.29, 1.82) is 0 Å². The fourth-order valence-corrected chi connectivity index (χ4v) is 2.33. The van der Waals surface area contributed by atoms with Crippen LogP contribution in [-0.2, 0) is 4.74 Å². The summed E-state index contributed by atoms with van der Waals surface area (Å²) in [6.07, 6.45) is 0.113. The smallest absolute Gasteiger partial charge is 0.250 e. The first kappa shape index (κ1) is 14.6. The molecule has 0 aromatic heterocycles. The van der Waals surface area contributed by atoms with Crippen LogP contribution in [-0.4, -0.2) is 49.7 Å². The maximum atomic E-state index is 11.4. The van der Waals surface area contributed by atoms with Crippen molar-refractivity contribution in [3.63, 3.8) is 0 Å². The van der Waals surface area contributed by atoms with Gasteiger partial charge < -0.3 is 21.5 Å². The summed E-state index contributed by atoms with van der Waals surface area (Å²) in [6, 6.07) is 5.11. The lowest BCUT2D eigenvalue weighted by Crippen LogP contribution is -2.45. The van der Waals surface area contributed by atoms with Crippen LogP contribution in [0.5, 0.6) is 0 Å². The van der Waals surface area contributed by atoms with E-state index in [4.69, 9.17) is 16.2 Å². The molecular weight excluding hydrogens is 256 g/mol. The van der Waals surface area contributed by atoms with Gasteiger partial charge >= 0.3 is 0 Å². The van der Waals surface area contributed by atoms with E-state index in [1.165, 1.54) is 0 Å². The Morgan fingerprint density at radius 1 is 1.55 bits per heavy atom. The van der Waals surface area contributed by atoms with E-state index in [0.29, 0.717) is 23.5 Å². The average Bonchev–Trinajstić information content (AvgIpc) is 2.46. The summed E-state index contributed by atoms with van der Waals surface area (Å²) in [6.45, 7) is 6.41. The number of likely N-dealkylation sites (N-methyl/N-ethyl adjacent to an activating group) is 1. The third-order valence-electron chi connectivity index (χ3n) is 3.50. The predicted molar refractivity (Wildman–Crippen MR) is 79.7 cm³/mol. The molecule has 1 atom stereocenters. The Bertz CT molecular complexity index is 478. The highest BCUT2D eigenvalue weighted by Gasteiger charge is 2.19. The molecule has 0 radical (unpaired) electrons. The van der Waals surface area contributed by atoms with Crippen molar-refractivity contribution in [1.82, 2.24) is 4.90 Å². The van der Waals surface area contributed by atoms with Crippen LogP contribution in [0, 0.1) is 0 Å². The number of amides is 1. The molecule has 110 valence electrons. The van der Waals surface area contributed by atoms with Gasteiger partial charge in [0.15, 0.2) is 0 Å². The van der Waals surface area contributed by atoms with Gasteiger partial charge in [0.05, 0.1) is 18.3 Å². The van der Waals surface area contributed by atoms with E-state index in [2.05, 4.69) is 17.1 Å². The monoisotopic (exact) mass is 278 g/mol. The summed E-state index contributed by atoms with van der Waals surface area (Å²) in [7, 11) is 0. The largest absolute Gasteiger partial charge is 0.399 e. The minimum absolute atomic E-state index is 0.113. The molecule has 1 aromatic rings. The number of nitrogens with zero attached hydrogens (tertiary/aromatic N) is 1. The van der Waals surface area contributed by atoms with Crippen molar-refractivity contribution >= 4 is 17.3 Å². The number of morpholine rings is 1. The highest BCUT2D eigenvalue weighted by molar-refractivity contribution is 5.99. The van der Waals surface area contributed by atoms with Crippen LogP contribution in [0.3, 0.4) is 0 Å². The zero-order chi connectivity index (χ0) is 14.5. The lowest BCUT2D eigenvalue weighted by Gasteiger charge is -2.32. The molecule has 1 aliphatic rings. The molecule has 1 unspecified atom stereocenters. The van der Waals surface area contributed by atoms with Gasteiger partial charge in [-0.25, -0.2) is 0 Å². The molecule has 0 saturated carbocycles. The minimum Gasteiger partial charge on any atom is -0.399 e. The third kappa shape index (κ3) is 3.61. The standard InChI is InChI=1S/C14H22N4O2/c1-2-18-5-6-20-11(9-18)8-17-13-4-3-10(15)7-12(13)14(16)19/h3-4,7,11,17H,2,5-6,8-9,15H2,1H3,(H2,16,19). The molecule has 20 heavy (non-hydrogen) atoms. The molecule has 1 saturated heterocycles. The van der Waals surface area contributed by atoms with Crippen molar-refractivity contribution in [2.45, 2.75) is 13.0 Å². The second kappa shape index (κ2) is 6.58. The van der Waals surface area contributed by atoms with Gasteiger partial charge in [0.25, 0.3) is 5.91 Å². The van der Waals surface area contributed by atoms with Gasteiger partial charge in [-0.15, -0.1) is 0 Å². The Morgan fingerprint density at radius 2 is 2.35 bits per heavy atom. The number of nitrogens with one attached hydrogen (secondary N) is 1. The topological polar surface area (TPSA) is 93.6 Å². The zero-order valence-electron chi connectivity index (χ0n) is 11.8. The number of hydrogen-bond acceptors (Lipinski definition) is 5. The molecule has 0 bridgehead atoms. The Kier molecular flexibility index (Phi) is 4.81. The van der Waals surface area contributed by atoms with Crippen LogP contribution in [0.4, 0.5) is 11.4 Å². The van der Waals surface area contributed by atoms with Crippen molar-refractivity contribution in [2.24, 2.45) is 5.73 Å². The lowest BCUT2D eigenvalue weighted by molar-refractivity contribution is -0.0191. The van der Waals surface area contributed by atoms with Crippen molar-refractivity contribution in [2.75, 3.05) is 43.8 Å². The normalized spacial score (nSPS) is 19.8. The predicted octanol–water partition coefficient (Wildman–Crippen LogP) is 0.500. The van der Waals surface area contributed by atoms with Gasteiger partial charge in [0.2, 0.25) is 0 Å². The van der Waals surface area contributed by atoms with E-state index in [-0.39, 0.29) is 6.10 Å².